The van der Waals surface area contributed by atoms with Crippen LogP contribution >= 0.6 is 0 Å². The average Bonchev–Trinajstić information content (AvgIpc) is 2.58. The molecule has 128 valence electrons. The monoisotopic (exact) mass is 327 g/mol. The second-order valence-corrected chi connectivity index (χ2v) is 7.01. The van der Waals surface area contributed by atoms with E-state index in [1.807, 2.05) is 12.1 Å². The third kappa shape index (κ3) is 4.22. The number of piperidine rings is 1. The molecule has 1 aliphatic rings. The Bertz CT molecular complexity index is 645. The summed E-state index contributed by atoms with van der Waals surface area (Å²) in [6.45, 7) is 5.12. The fourth-order valence-electron chi connectivity index (χ4n) is 3.85. The Labute approximate surface area is 143 Å². The van der Waals surface area contributed by atoms with Gasteiger partial charge >= 0.3 is 0 Å². The summed E-state index contributed by atoms with van der Waals surface area (Å²) in [5.41, 5.74) is 1.94. The van der Waals surface area contributed by atoms with Gasteiger partial charge in [0, 0.05) is 19.5 Å². The van der Waals surface area contributed by atoms with Crippen molar-refractivity contribution in [2.45, 2.75) is 32.4 Å². The first-order valence-electron chi connectivity index (χ1n) is 8.81. The molecule has 2 nitrogen and oxygen atoms in total. The molecule has 3 unspecified atom stereocenters. The van der Waals surface area contributed by atoms with Gasteiger partial charge in [0.2, 0.25) is 0 Å². The SMILES string of the molecule is CC1CN(Cc2ccccc2)CCC1C(O)Cc1ccccc1F. The lowest BCUT2D eigenvalue weighted by atomic mass is 9.80. The van der Waals surface area contributed by atoms with E-state index >= 15 is 0 Å². The van der Waals surface area contributed by atoms with E-state index in [4.69, 9.17) is 0 Å². The highest BCUT2D eigenvalue weighted by molar-refractivity contribution is 5.18. The van der Waals surface area contributed by atoms with Crippen molar-refractivity contribution >= 4 is 0 Å². The van der Waals surface area contributed by atoms with Crippen LogP contribution in [-0.2, 0) is 13.0 Å². The van der Waals surface area contributed by atoms with Crippen molar-refractivity contribution in [3.63, 3.8) is 0 Å². The summed E-state index contributed by atoms with van der Waals surface area (Å²) >= 11 is 0. The van der Waals surface area contributed by atoms with Crippen LogP contribution in [0.2, 0.25) is 0 Å². The molecule has 1 fully saturated rings. The highest BCUT2D eigenvalue weighted by Gasteiger charge is 2.31. The quantitative estimate of drug-likeness (QED) is 0.901. The molecule has 0 aromatic heterocycles. The van der Waals surface area contributed by atoms with E-state index < -0.39 is 6.10 Å². The zero-order chi connectivity index (χ0) is 16.9. The average molecular weight is 327 g/mol. The highest BCUT2D eigenvalue weighted by atomic mass is 19.1. The summed E-state index contributed by atoms with van der Waals surface area (Å²) in [4.78, 5) is 2.45. The van der Waals surface area contributed by atoms with Crippen LogP contribution in [0.3, 0.4) is 0 Å². The summed E-state index contributed by atoms with van der Waals surface area (Å²) < 4.78 is 13.8. The van der Waals surface area contributed by atoms with Crippen molar-refractivity contribution in [2.75, 3.05) is 13.1 Å². The van der Waals surface area contributed by atoms with Crippen LogP contribution in [0.4, 0.5) is 4.39 Å². The standard InChI is InChI=1S/C21H26FNO/c1-16-14-23(15-17-7-3-2-4-8-17)12-11-19(16)21(24)13-18-9-5-6-10-20(18)22/h2-10,16,19,21,24H,11-15H2,1H3. The maximum absolute atomic E-state index is 13.8. The molecule has 0 saturated carbocycles. The number of likely N-dealkylation sites (tertiary alicyclic amines) is 1. The van der Waals surface area contributed by atoms with Crippen molar-refractivity contribution in [2.24, 2.45) is 11.8 Å². The molecular formula is C21H26FNO. The minimum Gasteiger partial charge on any atom is -0.392 e. The fraction of sp³-hybridized carbons (Fsp3) is 0.429. The molecule has 2 aromatic carbocycles. The molecular weight excluding hydrogens is 301 g/mol. The minimum absolute atomic E-state index is 0.217. The lowest BCUT2D eigenvalue weighted by molar-refractivity contribution is 0.0214. The first-order valence-corrected chi connectivity index (χ1v) is 8.81. The van der Waals surface area contributed by atoms with E-state index in [1.165, 1.54) is 11.6 Å². The largest absolute Gasteiger partial charge is 0.392 e. The number of aliphatic hydroxyl groups is 1. The van der Waals surface area contributed by atoms with Gasteiger partial charge in [-0.15, -0.1) is 0 Å². The first kappa shape index (κ1) is 17.1. The third-order valence-corrected chi connectivity index (χ3v) is 5.19. The van der Waals surface area contributed by atoms with Crippen LogP contribution in [0.1, 0.15) is 24.5 Å². The number of benzene rings is 2. The van der Waals surface area contributed by atoms with E-state index in [0.29, 0.717) is 17.9 Å². The van der Waals surface area contributed by atoms with E-state index in [0.717, 1.165) is 26.1 Å². The Hall–Kier alpha value is -1.71. The smallest absolute Gasteiger partial charge is 0.126 e. The Balaban J connectivity index is 1.56. The molecule has 3 heteroatoms. The van der Waals surface area contributed by atoms with Crippen LogP contribution in [0.15, 0.2) is 54.6 Å². The van der Waals surface area contributed by atoms with Gasteiger partial charge in [-0.05, 0) is 42.0 Å². The number of halogens is 1. The lowest BCUT2D eigenvalue weighted by Crippen LogP contribution is -2.43. The Morgan fingerprint density at radius 3 is 2.54 bits per heavy atom. The van der Waals surface area contributed by atoms with Gasteiger partial charge in [-0.3, -0.25) is 4.90 Å². The van der Waals surface area contributed by atoms with Gasteiger partial charge in [0.25, 0.3) is 0 Å². The van der Waals surface area contributed by atoms with E-state index in [-0.39, 0.29) is 11.7 Å². The summed E-state index contributed by atoms with van der Waals surface area (Å²) in [7, 11) is 0. The number of rotatable bonds is 5. The lowest BCUT2D eigenvalue weighted by Gasteiger charge is -2.39. The number of nitrogens with zero attached hydrogens (tertiary/aromatic N) is 1. The zero-order valence-corrected chi connectivity index (χ0v) is 14.2. The molecule has 1 heterocycles. The summed E-state index contributed by atoms with van der Waals surface area (Å²) in [5, 5.41) is 10.6. The molecule has 2 aromatic rings. The van der Waals surface area contributed by atoms with E-state index in [9.17, 15) is 9.50 Å². The topological polar surface area (TPSA) is 23.5 Å². The van der Waals surface area contributed by atoms with Crippen molar-refractivity contribution in [1.82, 2.24) is 4.90 Å². The fourth-order valence-corrected chi connectivity index (χ4v) is 3.85. The van der Waals surface area contributed by atoms with Crippen LogP contribution in [0.25, 0.3) is 0 Å². The molecule has 1 saturated heterocycles. The Morgan fingerprint density at radius 2 is 1.83 bits per heavy atom. The van der Waals surface area contributed by atoms with Crippen molar-refractivity contribution in [3.8, 4) is 0 Å². The second-order valence-electron chi connectivity index (χ2n) is 7.01. The van der Waals surface area contributed by atoms with Gasteiger partial charge in [0.15, 0.2) is 0 Å². The maximum atomic E-state index is 13.8. The summed E-state index contributed by atoms with van der Waals surface area (Å²) in [6.07, 6.45) is 0.889. The number of aliphatic hydroxyl groups excluding tert-OH is 1. The van der Waals surface area contributed by atoms with Gasteiger partial charge in [-0.2, -0.15) is 0 Å². The zero-order valence-electron chi connectivity index (χ0n) is 14.2. The third-order valence-electron chi connectivity index (χ3n) is 5.19. The van der Waals surface area contributed by atoms with Crippen LogP contribution in [-0.4, -0.2) is 29.2 Å². The van der Waals surface area contributed by atoms with Crippen LogP contribution in [0, 0.1) is 17.7 Å². The van der Waals surface area contributed by atoms with Crippen LogP contribution in [0.5, 0.6) is 0 Å². The molecule has 3 rings (SSSR count). The van der Waals surface area contributed by atoms with Gasteiger partial charge in [0.1, 0.15) is 5.82 Å². The van der Waals surface area contributed by atoms with E-state index in [2.05, 4.69) is 36.1 Å². The van der Waals surface area contributed by atoms with Gasteiger partial charge in [0.05, 0.1) is 6.10 Å². The molecule has 1 N–H and O–H groups in total. The molecule has 24 heavy (non-hydrogen) atoms. The molecule has 0 aliphatic carbocycles. The van der Waals surface area contributed by atoms with Crippen molar-refractivity contribution < 1.29 is 9.50 Å². The van der Waals surface area contributed by atoms with Gasteiger partial charge in [-0.25, -0.2) is 4.39 Å². The Kier molecular flexibility index (Phi) is 5.64. The van der Waals surface area contributed by atoms with Crippen LogP contribution < -0.4 is 0 Å². The Morgan fingerprint density at radius 1 is 1.12 bits per heavy atom. The van der Waals surface area contributed by atoms with Gasteiger partial charge in [-0.1, -0.05) is 55.5 Å². The molecule has 0 bridgehead atoms. The maximum Gasteiger partial charge on any atom is 0.126 e. The minimum atomic E-state index is -0.476. The molecule has 0 radical (unpaired) electrons. The molecule has 3 atom stereocenters. The van der Waals surface area contributed by atoms with Crippen molar-refractivity contribution in [3.05, 3.63) is 71.5 Å². The molecule has 0 spiro atoms. The second kappa shape index (κ2) is 7.91. The first-order chi connectivity index (χ1) is 11.6. The molecule has 0 amide bonds. The summed E-state index contributed by atoms with van der Waals surface area (Å²) in [6, 6.07) is 17.3. The highest BCUT2D eigenvalue weighted by Crippen LogP contribution is 2.29. The van der Waals surface area contributed by atoms with Crippen molar-refractivity contribution in [1.29, 1.82) is 0 Å². The van der Waals surface area contributed by atoms with E-state index in [1.54, 1.807) is 12.1 Å². The molecule has 1 aliphatic heterocycles. The normalized spacial score (nSPS) is 23.1. The summed E-state index contributed by atoms with van der Waals surface area (Å²) in [5.74, 6) is 0.423. The number of hydrogen-bond donors (Lipinski definition) is 1. The van der Waals surface area contributed by atoms with Gasteiger partial charge < -0.3 is 5.11 Å². The predicted molar refractivity (Wildman–Crippen MR) is 95.1 cm³/mol. The number of hydrogen-bond acceptors (Lipinski definition) is 2. The predicted octanol–water partition coefficient (Wildman–Crippen LogP) is 3.89.